The highest BCUT2D eigenvalue weighted by Crippen LogP contribution is 2.22. The summed E-state index contributed by atoms with van der Waals surface area (Å²) < 4.78 is 12.9. The highest BCUT2D eigenvalue weighted by Gasteiger charge is 2.14. The number of nitrogens with zero attached hydrogens (tertiary/aromatic N) is 1. The molecule has 0 aliphatic heterocycles. The van der Waals surface area contributed by atoms with Crippen LogP contribution >= 0.6 is 0 Å². The van der Waals surface area contributed by atoms with Crippen LogP contribution in [-0.4, -0.2) is 22.1 Å². The van der Waals surface area contributed by atoms with Crippen LogP contribution < -0.4 is 21.1 Å². The van der Waals surface area contributed by atoms with Crippen LogP contribution in [0.4, 0.5) is 0 Å². The van der Waals surface area contributed by atoms with Gasteiger partial charge in [-0.15, -0.1) is 0 Å². The number of hydrogen-bond donors (Lipinski definition) is 2. The van der Waals surface area contributed by atoms with Crippen LogP contribution in [-0.2, 0) is 13.2 Å². The van der Waals surface area contributed by atoms with Crippen molar-refractivity contribution in [1.29, 1.82) is 0 Å². The van der Waals surface area contributed by atoms with Crippen LogP contribution in [0.3, 0.4) is 0 Å². The van der Waals surface area contributed by atoms with E-state index in [1.807, 2.05) is 12.1 Å². The average Bonchev–Trinajstić information content (AvgIpc) is 2.87. The number of rotatable bonds is 8. The highest BCUT2D eigenvalue weighted by molar-refractivity contribution is 5.96. The lowest BCUT2D eigenvalue weighted by molar-refractivity contribution is 0.0948. The van der Waals surface area contributed by atoms with Crippen molar-refractivity contribution in [1.82, 2.24) is 9.88 Å². The summed E-state index contributed by atoms with van der Waals surface area (Å²) in [5.41, 5.74) is 1.68. The maximum atomic E-state index is 12.6. The van der Waals surface area contributed by atoms with Gasteiger partial charge in [-0.3, -0.25) is 9.59 Å². The van der Waals surface area contributed by atoms with Crippen molar-refractivity contribution in [3.63, 3.8) is 0 Å². The Morgan fingerprint density at radius 1 is 1.08 bits per heavy atom. The lowest BCUT2D eigenvalue weighted by Gasteiger charge is -2.12. The minimum Gasteiger partial charge on any atom is -0.503 e. The van der Waals surface area contributed by atoms with Crippen LogP contribution in [0.15, 0.2) is 74.8 Å². The number of aromatic nitrogens is 1. The fraction of sp³-hybridized carbons (Fsp3) is 0.250. The molecule has 0 saturated carbocycles. The molecule has 4 aromatic rings. The molecule has 1 amide bonds. The van der Waals surface area contributed by atoms with Crippen molar-refractivity contribution in [3.8, 4) is 11.5 Å². The molecule has 2 heterocycles. The second-order valence-corrected chi connectivity index (χ2v) is 8.90. The van der Waals surface area contributed by atoms with Gasteiger partial charge in [-0.25, -0.2) is 4.79 Å². The van der Waals surface area contributed by atoms with Crippen molar-refractivity contribution in [3.05, 3.63) is 104 Å². The van der Waals surface area contributed by atoms with Crippen LogP contribution in [0.25, 0.3) is 11.0 Å². The van der Waals surface area contributed by atoms with E-state index >= 15 is 0 Å². The number of carbonyl (C=O) groups excluding carboxylic acids is 1. The monoisotopic (exact) mass is 488 g/mol. The SMILES string of the molecule is Cc1c(O)c(=O)ccn1CCNC(=O)c1cc2ccc(OCc3ccc(C(C)C)cc3)cc2oc1=O. The molecule has 0 aliphatic rings. The second kappa shape index (κ2) is 10.5. The standard InChI is InChI=1S/C28H28N2O6/c1-17(2)20-6-4-19(5-7-20)16-35-22-9-8-21-14-23(28(34)36-25(21)15-22)27(33)29-11-13-30-12-10-24(31)26(32)18(30)3/h4-10,12,14-15,17,32H,11,13,16H2,1-3H3,(H,29,33). The third kappa shape index (κ3) is 5.49. The number of nitrogens with one attached hydrogen (secondary N) is 1. The Morgan fingerprint density at radius 2 is 1.83 bits per heavy atom. The van der Waals surface area contributed by atoms with Crippen LogP contribution in [0, 0.1) is 6.92 Å². The summed E-state index contributed by atoms with van der Waals surface area (Å²) in [6.07, 6.45) is 1.54. The van der Waals surface area contributed by atoms with E-state index in [1.54, 1.807) is 29.7 Å². The van der Waals surface area contributed by atoms with Gasteiger partial charge in [-0.05, 0) is 42.2 Å². The maximum absolute atomic E-state index is 12.6. The first-order valence-corrected chi connectivity index (χ1v) is 11.7. The Kier molecular flexibility index (Phi) is 7.24. The number of ether oxygens (including phenoxy) is 1. The summed E-state index contributed by atoms with van der Waals surface area (Å²) >= 11 is 0. The van der Waals surface area contributed by atoms with Gasteiger partial charge >= 0.3 is 5.63 Å². The Morgan fingerprint density at radius 3 is 2.56 bits per heavy atom. The lowest BCUT2D eigenvalue weighted by atomic mass is 10.0. The van der Waals surface area contributed by atoms with Gasteiger partial charge in [0.15, 0.2) is 5.75 Å². The first-order valence-electron chi connectivity index (χ1n) is 11.7. The van der Waals surface area contributed by atoms with Crippen molar-refractivity contribution >= 4 is 16.9 Å². The van der Waals surface area contributed by atoms with Crippen molar-refractivity contribution in [2.75, 3.05) is 6.54 Å². The normalized spacial score (nSPS) is 11.1. The molecular weight excluding hydrogens is 460 g/mol. The van der Waals surface area contributed by atoms with Crippen LogP contribution in [0.1, 0.15) is 46.9 Å². The van der Waals surface area contributed by atoms with Crippen molar-refractivity contribution in [2.45, 2.75) is 39.8 Å². The summed E-state index contributed by atoms with van der Waals surface area (Å²) in [7, 11) is 0. The van der Waals surface area contributed by atoms with Crippen molar-refractivity contribution < 1.29 is 19.1 Å². The largest absolute Gasteiger partial charge is 0.503 e. The Balaban J connectivity index is 1.41. The molecule has 0 fully saturated rings. The quantitative estimate of drug-likeness (QED) is 0.361. The topological polar surface area (TPSA) is 111 Å². The number of fused-ring (bicyclic) bond motifs is 1. The highest BCUT2D eigenvalue weighted by atomic mass is 16.5. The van der Waals surface area contributed by atoms with Crippen LogP contribution in [0.2, 0.25) is 0 Å². The maximum Gasteiger partial charge on any atom is 0.349 e. The molecule has 0 saturated heterocycles. The van der Waals surface area contributed by atoms with E-state index < -0.39 is 17.0 Å². The molecule has 4 rings (SSSR count). The molecule has 2 aromatic heterocycles. The van der Waals surface area contributed by atoms with Gasteiger partial charge in [-0.2, -0.15) is 0 Å². The van der Waals surface area contributed by atoms with Gasteiger partial charge in [-0.1, -0.05) is 38.1 Å². The summed E-state index contributed by atoms with van der Waals surface area (Å²) in [5.74, 6) is 0.116. The average molecular weight is 489 g/mol. The zero-order valence-corrected chi connectivity index (χ0v) is 20.4. The Labute approximate surface area is 207 Å². The molecule has 186 valence electrons. The van der Waals surface area contributed by atoms with Gasteiger partial charge in [0.25, 0.3) is 5.91 Å². The summed E-state index contributed by atoms with van der Waals surface area (Å²) in [4.78, 5) is 36.5. The zero-order valence-electron chi connectivity index (χ0n) is 20.4. The third-order valence-electron chi connectivity index (χ3n) is 6.05. The van der Waals surface area contributed by atoms with E-state index in [0.29, 0.717) is 41.5 Å². The van der Waals surface area contributed by atoms with Gasteiger partial charge in [0.1, 0.15) is 23.5 Å². The Bertz CT molecular complexity index is 1520. The molecule has 0 spiro atoms. The number of amides is 1. The number of benzene rings is 2. The molecule has 8 nitrogen and oxygen atoms in total. The summed E-state index contributed by atoms with van der Waals surface area (Å²) in [6, 6.07) is 16.1. The van der Waals surface area contributed by atoms with E-state index in [0.717, 1.165) is 5.56 Å². The third-order valence-corrected chi connectivity index (χ3v) is 6.05. The van der Waals surface area contributed by atoms with E-state index in [9.17, 15) is 19.5 Å². The number of carbonyl (C=O) groups is 1. The molecule has 0 atom stereocenters. The van der Waals surface area contributed by atoms with Crippen LogP contribution in [0.5, 0.6) is 11.5 Å². The fourth-order valence-electron chi connectivity index (χ4n) is 3.80. The predicted octanol–water partition coefficient (Wildman–Crippen LogP) is 4.10. The second-order valence-electron chi connectivity index (χ2n) is 8.90. The van der Waals surface area contributed by atoms with Gasteiger partial charge in [0.05, 0.1) is 5.69 Å². The van der Waals surface area contributed by atoms with E-state index in [2.05, 4.69) is 31.3 Å². The molecule has 2 N–H and O–H groups in total. The fourth-order valence-corrected chi connectivity index (χ4v) is 3.80. The van der Waals surface area contributed by atoms with Gasteiger partial charge in [0, 0.05) is 36.8 Å². The smallest absolute Gasteiger partial charge is 0.349 e. The minimum absolute atomic E-state index is 0.110. The van der Waals surface area contributed by atoms with Gasteiger partial charge < -0.3 is 24.1 Å². The molecule has 2 aromatic carbocycles. The predicted molar refractivity (Wildman–Crippen MR) is 137 cm³/mol. The van der Waals surface area contributed by atoms with E-state index in [-0.39, 0.29) is 17.9 Å². The molecule has 36 heavy (non-hydrogen) atoms. The summed E-state index contributed by atoms with van der Waals surface area (Å²) in [5, 5.41) is 13.0. The lowest BCUT2D eigenvalue weighted by Crippen LogP contribution is -2.31. The Hall–Kier alpha value is -4.33. The molecular formula is C28H28N2O6. The van der Waals surface area contributed by atoms with E-state index in [1.165, 1.54) is 23.9 Å². The molecule has 0 bridgehead atoms. The van der Waals surface area contributed by atoms with Gasteiger partial charge in [0.2, 0.25) is 5.43 Å². The number of hydrogen-bond acceptors (Lipinski definition) is 6. The number of pyridine rings is 1. The summed E-state index contributed by atoms with van der Waals surface area (Å²) in [6.45, 7) is 6.77. The van der Waals surface area contributed by atoms with E-state index in [4.69, 9.17) is 9.15 Å². The molecule has 0 aliphatic carbocycles. The first kappa shape index (κ1) is 24.8. The zero-order chi connectivity index (χ0) is 25.8. The molecule has 0 radical (unpaired) electrons. The molecule has 8 heteroatoms. The first-order chi connectivity index (χ1) is 17.2. The molecule has 0 unspecified atom stereocenters. The number of aromatic hydroxyl groups is 1. The van der Waals surface area contributed by atoms with Crippen molar-refractivity contribution in [2.24, 2.45) is 0 Å². The minimum atomic E-state index is -0.751.